The number of esters is 1. The number of fused-ring (bicyclic) bond motifs is 1. The lowest BCUT2D eigenvalue weighted by Gasteiger charge is -2.34. The highest BCUT2D eigenvalue weighted by atomic mass is 32.2. The van der Waals surface area contributed by atoms with Crippen LogP contribution in [0.4, 0.5) is 5.69 Å². The molecular formula is C23H25N3O5S2. The van der Waals surface area contributed by atoms with Gasteiger partial charge >= 0.3 is 5.97 Å². The molecule has 3 N–H and O–H groups in total. The number of nitrogens with one attached hydrogen (secondary N) is 1. The molecule has 0 aliphatic heterocycles. The predicted molar refractivity (Wildman–Crippen MR) is 126 cm³/mol. The third-order valence-electron chi connectivity index (χ3n) is 5.87. The number of hydrogen-bond donors (Lipinski definition) is 2. The van der Waals surface area contributed by atoms with Gasteiger partial charge in [0.1, 0.15) is 0 Å². The number of carbonyl (C=O) groups excluding carboxylic acids is 2. The standard InChI is InChI=1S/C23H25N3O5S2/c24-33(29,30)17-10-8-16(9-11-17)25-20(27)15-31-22(28)23(12-4-1-5-13-23)14-21-26-18-6-2-3-7-19(18)32-21/h2-3,6-11H,1,4-5,12-15H2,(H,25,27)(H2,24,29,30). The van der Waals surface area contributed by atoms with E-state index in [4.69, 9.17) is 9.88 Å². The maximum Gasteiger partial charge on any atom is 0.313 e. The number of sulfonamides is 1. The number of anilines is 1. The summed E-state index contributed by atoms with van der Waals surface area (Å²) in [6.45, 7) is -0.419. The Balaban J connectivity index is 1.40. The van der Waals surface area contributed by atoms with Crippen molar-refractivity contribution in [2.75, 3.05) is 11.9 Å². The van der Waals surface area contributed by atoms with Gasteiger partial charge in [-0.15, -0.1) is 11.3 Å². The number of benzene rings is 2. The molecule has 1 amide bonds. The molecular weight excluding hydrogens is 462 g/mol. The number of amides is 1. The van der Waals surface area contributed by atoms with Crippen LogP contribution in [0.1, 0.15) is 37.1 Å². The first-order valence-corrected chi connectivity index (χ1v) is 13.1. The summed E-state index contributed by atoms with van der Waals surface area (Å²) >= 11 is 1.59. The molecule has 1 aliphatic carbocycles. The molecule has 0 saturated heterocycles. The van der Waals surface area contributed by atoms with E-state index in [-0.39, 0.29) is 10.9 Å². The molecule has 0 atom stereocenters. The average Bonchev–Trinajstić information content (AvgIpc) is 3.20. The Bertz CT molecular complexity index is 1230. The molecule has 0 bridgehead atoms. The zero-order valence-corrected chi connectivity index (χ0v) is 19.6. The van der Waals surface area contributed by atoms with Gasteiger partial charge in [-0.3, -0.25) is 9.59 Å². The van der Waals surface area contributed by atoms with Crippen molar-refractivity contribution in [2.24, 2.45) is 10.6 Å². The summed E-state index contributed by atoms with van der Waals surface area (Å²) in [5.41, 5.74) is 0.624. The second-order valence-electron chi connectivity index (χ2n) is 8.29. The zero-order valence-electron chi connectivity index (χ0n) is 18.0. The van der Waals surface area contributed by atoms with Gasteiger partial charge < -0.3 is 10.1 Å². The highest BCUT2D eigenvalue weighted by Crippen LogP contribution is 2.41. The lowest BCUT2D eigenvalue weighted by Crippen LogP contribution is -2.38. The van der Waals surface area contributed by atoms with Crippen molar-refractivity contribution < 1.29 is 22.7 Å². The quantitative estimate of drug-likeness (QED) is 0.490. The van der Waals surface area contributed by atoms with Crippen LogP contribution in [-0.4, -0.2) is 31.9 Å². The van der Waals surface area contributed by atoms with Gasteiger partial charge in [-0.25, -0.2) is 18.5 Å². The molecule has 10 heteroatoms. The van der Waals surface area contributed by atoms with Crippen LogP contribution in [0.25, 0.3) is 10.2 Å². The maximum absolute atomic E-state index is 13.1. The summed E-state index contributed by atoms with van der Waals surface area (Å²) in [5, 5.41) is 8.57. The van der Waals surface area contributed by atoms with E-state index in [1.54, 1.807) is 11.3 Å². The summed E-state index contributed by atoms with van der Waals surface area (Å²) in [6, 6.07) is 13.3. The van der Waals surface area contributed by atoms with Gasteiger partial charge in [0.25, 0.3) is 5.91 Å². The number of nitrogens with two attached hydrogens (primary N) is 1. The first-order valence-electron chi connectivity index (χ1n) is 10.7. The van der Waals surface area contributed by atoms with E-state index in [2.05, 4.69) is 10.3 Å². The molecule has 1 fully saturated rings. The smallest absolute Gasteiger partial charge is 0.313 e. The van der Waals surface area contributed by atoms with Crippen LogP contribution < -0.4 is 10.5 Å². The second kappa shape index (κ2) is 9.58. The predicted octanol–water partition coefficient (Wildman–Crippen LogP) is 3.62. The molecule has 0 unspecified atom stereocenters. The van der Waals surface area contributed by atoms with E-state index in [1.807, 2.05) is 24.3 Å². The molecule has 174 valence electrons. The molecule has 1 heterocycles. The van der Waals surface area contributed by atoms with E-state index < -0.39 is 28.0 Å². The number of hydrogen-bond acceptors (Lipinski definition) is 7. The van der Waals surface area contributed by atoms with Gasteiger partial charge in [-0.1, -0.05) is 31.4 Å². The lowest BCUT2D eigenvalue weighted by molar-refractivity contribution is -0.160. The van der Waals surface area contributed by atoms with E-state index in [1.165, 1.54) is 24.3 Å². The van der Waals surface area contributed by atoms with Crippen molar-refractivity contribution in [3.63, 3.8) is 0 Å². The van der Waals surface area contributed by atoms with Crippen LogP contribution >= 0.6 is 11.3 Å². The number of ether oxygens (including phenoxy) is 1. The minimum atomic E-state index is -3.81. The average molecular weight is 488 g/mol. The highest BCUT2D eigenvalue weighted by molar-refractivity contribution is 7.89. The fraction of sp³-hybridized carbons (Fsp3) is 0.348. The summed E-state index contributed by atoms with van der Waals surface area (Å²) in [7, 11) is -3.81. The Labute approximate surface area is 196 Å². The SMILES string of the molecule is NS(=O)(=O)c1ccc(NC(=O)COC(=O)C2(Cc3nc4ccccc4s3)CCCCC2)cc1. The monoisotopic (exact) mass is 487 g/mol. The molecule has 0 radical (unpaired) electrons. The summed E-state index contributed by atoms with van der Waals surface area (Å²) in [6.07, 6.45) is 4.85. The Hall–Kier alpha value is -2.82. The summed E-state index contributed by atoms with van der Waals surface area (Å²) in [5.74, 6) is -0.876. The zero-order chi connectivity index (χ0) is 23.5. The van der Waals surface area contributed by atoms with Gasteiger partial charge in [-0.2, -0.15) is 0 Å². The number of para-hydroxylation sites is 1. The van der Waals surface area contributed by atoms with Crippen molar-refractivity contribution in [1.82, 2.24) is 4.98 Å². The topological polar surface area (TPSA) is 128 Å². The Morgan fingerprint density at radius 1 is 1.06 bits per heavy atom. The fourth-order valence-electron chi connectivity index (χ4n) is 4.18. The fourth-order valence-corrected chi connectivity index (χ4v) is 5.80. The number of primary sulfonamides is 1. The summed E-state index contributed by atoms with van der Waals surface area (Å²) in [4.78, 5) is 30.1. The second-order valence-corrected chi connectivity index (χ2v) is 11.0. The maximum atomic E-state index is 13.1. The largest absolute Gasteiger partial charge is 0.455 e. The molecule has 4 rings (SSSR count). The van der Waals surface area contributed by atoms with Crippen LogP contribution in [0.5, 0.6) is 0 Å². The van der Waals surface area contributed by atoms with E-state index >= 15 is 0 Å². The highest BCUT2D eigenvalue weighted by Gasteiger charge is 2.42. The Morgan fingerprint density at radius 2 is 1.76 bits per heavy atom. The van der Waals surface area contributed by atoms with Gasteiger partial charge in [-0.05, 0) is 49.2 Å². The Morgan fingerprint density at radius 3 is 2.42 bits per heavy atom. The van der Waals surface area contributed by atoms with Gasteiger partial charge in [0.2, 0.25) is 10.0 Å². The number of aromatic nitrogens is 1. The van der Waals surface area contributed by atoms with E-state index in [9.17, 15) is 18.0 Å². The molecule has 2 aromatic carbocycles. The first kappa shape index (κ1) is 23.3. The van der Waals surface area contributed by atoms with Crippen molar-refractivity contribution in [2.45, 2.75) is 43.4 Å². The van der Waals surface area contributed by atoms with E-state index in [0.717, 1.165) is 34.5 Å². The Kier molecular flexibility index (Phi) is 6.78. The van der Waals surface area contributed by atoms with Crippen molar-refractivity contribution in [3.05, 3.63) is 53.5 Å². The molecule has 8 nitrogen and oxygen atoms in total. The number of thiazole rings is 1. The third kappa shape index (κ3) is 5.58. The van der Waals surface area contributed by atoms with Crippen LogP contribution in [0, 0.1) is 5.41 Å². The van der Waals surface area contributed by atoms with Gasteiger partial charge in [0.05, 0.1) is 25.5 Å². The molecule has 33 heavy (non-hydrogen) atoms. The molecule has 0 spiro atoms. The van der Waals surface area contributed by atoms with Crippen LogP contribution in [0.15, 0.2) is 53.4 Å². The van der Waals surface area contributed by atoms with Crippen molar-refractivity contribution >= 4 is 49.1 Å². The number of rotatable bonds is 7. The van der Waals surface area contributed by atoms with E-state index in [0.29, 0.717) is 24.9 Å². The number of carbonyl (C=O) groups is 2. The molecule has 1 saturated carbocycles. The number of nitrogens with zero attached hydrogens (tertiary/aromatic N) is 1. The normalized spacial score (nSPS) is 15.8. The third-order valence-corrected chi connectivity index (χ3v) is 7.84. The lowest BCUT2D eigenvalue weighted by atomic mass is 9.72. The molecule has 3 aromatic rings. The van der Waals surface area contributed by atoms with Gasteiger partial charge in [0, 0.05) is 12.1 Å². The van der Waals surface area contributed by atoms with Crippen LogP contribution in [-0.2, 0) is 30.8 Å². The van der Waals surface area contributed by atoms with Gasteiger partial charge in [0.15, 0.2) is 6.61 Å². The first-order chi connectivity index (χ1) is 15.7. The van der Waals surface area contributed by atoms with Crippen LogP contribution in [0.2, 0.25) is 0 Å². The minimum Gasteiger partial charge on any atom is -0.455 e. The van der Waals surface area contributed by atoms with Crippen LogP contribution in [0.3, 0.4) is 0 Å². The molecule has 1 aromatic heterocycles. The minimum absolute atomic E-state index is 0.0546. The molecule has 1 aliphatic rings. The van der Waals surface area contributed by atoms with Crippen molar-refractivity contribution in [3.8, 4) is 0 Å². The van der Waals surface area contributed by atoms with Crippen molar-refractivity contribution in [1.29, 1.82) is 0 Å². The summed E-state index contributed by atoms with van der Waals surface area (Å²) < 4.78 is 29.2.